The van der Waals surface area contributed by atoms with Crippen LogP contribution in [0.4, 0.5) is 11.4 Å². The maximum atomic E-state index is 2.69. The first-order valence-corrected chi connectivity index (χ1v) is 23.5. The van der Waals surface area contributed by atoms with E-state index in [1.54, 1.807) is 17.6 Å². The third-order valence-corrected chi connectivity index (χ3v) is 18.9. The molecule has 5 heteroatoms. The van der Waals surface area contributed by atoms with Crippen LogP contribution in [0.1, 0.15) is 111 Å². The molecule has 0 heterocycles. The molecule has 0 aromatic heterocycles. The molecule has 4 aromatic carbocycles. The molecule has 6 rings (SSSR count). The van der Waals surface area contributed by atoms with Gasteiger partial charge in [0.05, 0.1) is 0 Å². The number of hydrogen-bond acceptors (Lipinski definition) is 2. The van der Waals surface area contributed by atoms with Gasteiger partial charge >= 0.3 is 313 Å². The minimum atomic E-state index is -2.77. The molecule has 0 saturated heterocycles. The van der Waals surface area contributed by atoms with E-state index in [2.05, 4.69) is 153 Å². The molecule has 0 bridgehead atoms. The van der Waals surface area contributed by atoms with Gasteiger partial charge in [-0.05, 0) is 0 Å². The molecule has 0 saturated carbocycles. The number of hydrogen-bond donors (Lipinski definition) is 0. The van der Waals surface area contributed by atoms with Gasteiger partial charge in [-0.25, -0.2) is 0 Å². The van der Waals surface area contributed by atoms with E-state index in [4.69, 9.17) is 0 Å². The van der Waals surface area contributed by atoms with Crippen molar-refractivity contribution < 1.29 is 21.3 Å². The van der Waals surface area contributed by atoms with Crippen LogP contribution in [0.2, 0.25) is 0 Å². The van der Waals surface area contributed by atoms with E-state index in [-0.39, 0.29) is 24.8 Å². The van der Waals surface area contributed by atoms with Crippen molar-refractivity contribution >= 4 is 39.4 Å². The quantitative estimate of drug-likeness (QED) is 0.0987. The summed E-state index contributed by atoms with van der Waals surface area (Å²) in [5.41, 5.74) is 11.7. The van der Waals surface area contributed by atoms with Crippen LogP contribution in [0, 0.1) is 0 Å². The van der Waals surface area contributed by atoms with Crippen LogP contribution in [-0.4, -0.2) is 29.4 Å². The molecule has 0 unspecified atom stereocenters. The summed E-state index contributed by atoms with van der Waals surface area (Å²) in [5.74, 6) is 0. The van der Waals surface area contributed by atoms with Crippen molar-refractivity contribution in [2.75, 3.05) is 36.0 Å². The molecule has 4 aromatic rings. The maximum absolute atomic E-state index is 2.77. The monoisotopic (exact) mass is 812 g/mol. The topological polar surface area (TPSA) is 6.48 Å². The Kier molecular flexibility index (Phi) is 17.2. The van der Waals surface area contributed by atoms with Gasteiger partial charge in [0, 0.05) is 0 Å². The third-order valence-electron chi connectivity index (χ3n) is 10.6. The first kappa shape index (κ1) is 42.0. The number of nitrogens with zero attached hydrogens (tertiary/aromatic N) is 2. The zero-order chi connectivity index (χ0) is 34.7. The summed E-state index contributed by atoms with van der Waals surface area (Å²) >= 11 is -2.77. The summed E-state index contributed by atoms with van der Waals surface area (Å²) in [7, 11) is 0. The fourth-order valence-corrected chi connectivity index (χ4v) is 16.9. The molecule has 0 spiro atoms. The van der Waals surface area contributed by atoms with Crippen LogP contribution in [0.15, 0.2) is 119 Å². The smallest absolute Gasteiger partial charge is 0.147 e. The maximum Gasteiger partial charge on any atom is -0.147 e. The predicted molar refractivity (Wildman–Crippen MR) is 230 cm³/mol. The SMILES string of the molecule is CCCCN(CCCC)c1ccc2c(c1)[CH]([Zr]([C]1=CC=CC1)=[C](c1ccccc1)c1ccccc1)c1cc(N(CCCC)CCCC)ccc1-2.Cl.Cl. The van der Waals surface area contributed by atoms with Crippen molar-refractivity contribution in [3.8, 4) is 11.1 Å². The van der Waals surface area contributed by atoms with Crippen molar-refractivity contribution in [3.63, 3.8) is 0 Å². The van der Waals surface area contributed by atoms with E-state index in [1.165, 1.54) is 85.0 Å². The van der Waals surface area contributed by atoms with Crippen LogP contribution >= 0.6 is 24.8 Å². The van der Waals surface area contributed by atoms with Gasteiger partial charge < -0.3 is 0 Å². The van der Waals surface area contributed by atoms with E-state index in [1.807, 2.05) is 0 Å². The number of anilines is 2. The van der Waals surface area contributed by atoms with Gasteiger partial charge in [0.15, 0.2) is 0 Å². The van der Waals surface area contributed by atoms with Crippen LogP contribution < -0.4 is 9.80 Å². The first-order valence-electron chi connectivity index (χ1n) is 19.7. The van der Waals surface area contributed by atoms with Crippen molar-refractivity contribution in [2.45, 2.75) is 89.1 Å². The summed E-state index contributed by atoms with van der Waals surface area (Å²) in [6.45, 7) is 13.8. The summed E-state index contributed by atoms with van der Waals surface area (Å²) in [5, 5.41) is 0. The Balaban J connectivity index is 0.00000302. The summed E-state index contributed by atoms with van der Waals surface area (Å²) in [6.07, 6.45) is 18.2. The molecular formula is C47H60Cl2N2Zr. The van der Waals surface area contributed by atoms with E-state index in [0.29, 0.717) is 3.63 Å². The molecule has 0 fully saturated rings. The van der Waals surface area contributed by atoms with Crippen LogP contribution in [-0.2, 0) is 21.3 Å². The minimum Gasteiger partial charge on any atom is -0.147 e. The van der Waals surface area contributed by atoms with Crippen LogP contribution in [0.25, 0.3) is 11.1 Å². The largest absolute Gasteiger partial charge is 0.147 e. The van der Waals surface area contributed by atoms with E-state index in [0.717, 1.165) is 32.6 Å². The number of halogens is 2. The predicted octanol–water partition coefficient (Wildman–Crippen LogP) is 13.1. The van der Waals surface area contributed by atoms with Gasteiger partial charge in [-0.1, -0.05) is 0 Å². The Morgan fingerprint density at radius 1 is 0.577 bits per heavy atom. The third kappa shape index (κ3) is 9.69. The van der Waals surface area contributed by atoms with Crippen LogP contribution in [0.5, 0.6) is 0 Å². The normalized spacial score (nSPS) is 12.7. The molecule has 0 radical (unpaired) electrons. The Bertz CT molecular complexity index is 1670. The summed E-state index contributed by atoms with van der Waals surface area (Å²) in [4.78, 5) is 5.38. The average Bonchev–Trinajstić information content (AvgIpc) is 3.81. The minimum absolute atomic E-state index is 0. The number of rotatable bonds is 18. The zero-order valence-electron chi connectivity index (χ0n) is 32.0. The van der Waals surface area contributed by atoms with Gasteiger partial charge in [-0.3, -0.25) is 0 Å². The molecule has 276 valence electrons. The summed E-state index contributed by atoms with van der Waals surface area (Å²) < 4.78 is 3.74. The number of allylic oxidation sites excluding steroid dienone is 4. The molecule has 52 heavy (non-hydrogen) atoms. The Labute approximate surface area is 335 Å². The Morgan fingerprint density at radius 3 is 1.37 bits per heavy atom. The van der Waals surface area contributed by atoms with E-state index >= 15 is 0 Å². The standard InChI is InChI=1S/C29H43N2.C13H10.C5H5.2ClH.Zr/c1-5-9-17-30(18-10-6-2)26-13-15-28-24(22-26)21-25-23-27(14-16-29(25)28)31(19-11-7-3)20-12-8-4;1-3-7-12(8-4-1)11-13-9-5-2-6-10-13;1-2-4-5-3-1;;;/h13-16,21-23H,5-12,17-20H2,1-4H3;1-10H;1-3H,4H2;2*1H;. The van der Waals surface area contributed by atoms with Crippen LogP contribution in [0.3, 0.4) is 0 Å². The first-order chi connectivity index (χ1) is 24.7. The molecule has 0 atom stereocenters. The Hall–Kier alpha value is -2.71. The van der Waals surface area contributed by atoms with E-state index < -0.39 is 21.3 Å². The van der Waals surface area contributed by atoms with E-state index in [9.17, 15) is 0 Å². The molecule has 0 N–H and O–H groups in total. The van der Waals surface area contributed by atoms with Crippen molar-refractivity contribution in [3.05, 3.63) is 141 Å². The number of fused-ring (bicyclic) bond motifs is 3. The fourth-order valence-electron chi connectivity index (χ4n) is 7.90. The van der Waals surface area contributed by atoms with Crippen molar-refractivity contribution in [1.82, 2.24) is 0 Å². The fraction of sp³-hybridized carbons (Fsp3) is 0.383. The van der Waals surface area contributed by atoms with Gasteiger partial charge in [0.1, 0.15) is 0 Å². The molecule has 0 amide bonds. The second-order valence-electron chi connectivity index (χ2n) is 14.2. The average molecular weight is 815 g/mol. The molecule has 2 aliphatic rings. The van der Waals surface area contributed by atoms with Gasteiger partial charge in [0.2, 0.25) is 0 Å². The molecular weight excluding hydrogens is 755 g/mol. The van der Waals surface area contributed by atoms with Gasteiger partial charge in [-0.2, -0.15) is 0 Å². The Morgan fingerprint density at radius 2 is 1.00 bits per heavy atom. The zero-order valence-corrected chi connectivity index (χ0v) is 36.0. The summed E-state index contributed by atoms with van der Waals surface area (Å²) in [6, 6.07) is 38.0. The molecule has 0 aliphatic heterocycles. The van der Waals surface area contributed by atoms with Crippen molar-refractivity contribution in [1.29, 1.82) is 0 Å². The molecule has 2 nitrogen and oxygen atoms in total. The van der Waals surface area contributed by atoms with Gasteiger partial charge in [-0.15, -0.1) is 24.8 Å². The van der Waals surface area contributed by atoms with Crippen molar-refractivity contribution in [2.24, 2.45) is 0 Å². The molecule has 2 aliphatic carbocycles. The second kappa shape index (κ2) is 21.3. The van der Waals surface area contributed by atoms with Gasteiger partial charge in [0.25, 0.3) is 0 Å². The number of unbranched alkanes of at least 4 members (excludes halogenated alkanes) is 4. The number of benzene rings is 4. The second-order valence-corrected chi connectivity index (χ2v) is 20.5.